The number of hydrazone groups is 1. The van der Waals surface area contributed by atoms with E-state index in [0.29, 0.717) is 29.1 Å². The summed E-state index contributed by atoms with van der Waals surface area (Å²) in [5.74, 6) is 4.40. The Balaban J connectivity index is 1.45. The Kier molecular flexibility index (Phi) is 6.61. The molecule has 4 aliphatic carbocycles. The van der Waals surface area contributed by atoms with E-state index < -0.39 is 6.03 Å². The van der Waals surface area contributed by atoms with Crippen LogP contribution in [0.15, 0.2) is 5.10 Å². The van der Waals surface area contributed by atoms with Crippen LogP contribution in [0.25, 0.3) is 0 Å². The lowest BCUT2D eigenvalue weighted by Crippen LogP contribution is -2.54. The Morgan fingerprint density at radius 2 is 1.88 bits per heavy atom. The number of esters is 1. The number of ether oxygens (including phenoxy) is 1. The number of urea groups is 1. The number of primary amides is 1. The summed E-state index contributed by atoms with van der Waals surface area (Å²) in [6.45, 7) is 7.50. The zero-order chi connectivity index (χ0) is 23.1. The van der Waals surface area contributed by atoms with E-state index in [2.05, 4.69) is 31.3 Å². The van der Waals surface area contributed by atoms with Gasteiger partial charge in [0.25, 0.3) is 0 Å². The minimum absolute atomic E-state index is 0.0715. The molecular weight excluding hydrogens is 402 g/mol. The predicted molar refractivity (Wildman–Crippen MR) is 126 cm³/mol. The summed E-state index contributed by atoms with van der Waals surface area (Å²) in [6, 6.07) is -0.572. The molecule has 4 aliphatic rings. The maximum absolute atomic E-state index is 11.7. The number of carbonyl (C=O) groups is 2. The fourth-order valence-electron chi connectivity index (χ4n) is 8.92. The molecule has 0 aliphatic heterocycles. The van der Waals surface area contributed by atoms with E-state index in [0.717, 1.165) is 48.6 Å². The fourth-order valence-corrected chi connectivity index (χ4v) is 8.92. The molecule has 2 amide bonds. The lowest BCUT2D eigenvalue weighted by molar-refractivity contribution is -0.141. The topological polar surface area (TPSA) is 93.8 Å². The van der Waals surface area contributed by atoms with Crippen molar-refractivity contribution < 1.29 is 14.3 Å². The normalized spacial score (nSPS) is 43.0. The second kappa shape index (κ2) is 8.98. The molecule has 0 spiro atoms. The number of methoxy groups -OCH3 is 1. The molecule has 8 atom stereocenters. The van der Waals surface area contributed by atoms with Gasteiger partial charge in [0.05, 0.1) is 7.11 Å². The van der Waals surface area contributed by atoms with E-state index in [9.17, 15) is 9.59 Å². The van der Waals surface area contributed by atoms with E-state index in [1.165, 1.54) is 52.1 Å². The van der Waals surface area contributed by atoms with Gasteiger partial charge in [-0.05, 0) is 111 Å². The first-order valence-corrected chi connectivity index (χ1v) is 12.9. The highest BCUT2D eigenvalue weighted by atomic mass is 16.5. The molecule has 0 heterocycles. The number of fused-ring (bicyclic) bond motifs is 5. The first kappa shape index (κ1) is 23.6. The highest BCUT2D eigenvalue weighted by Gasteiger charge is 2.60. The number of nitrogens with zero attached hydrogens (tertiary/aromatic N) is 1. The first-order valence-electron chi connectivity index (χ1n) is 12.9. The molecule has 0 aromatic heterocycles. The summed E-state index contributed by atoms with van der Waals surface area (Å²) < 4.78 is 4.89. The summed E-state index contributed by atoms with van der Waals surface area (Å²) in [4.78, 5) is 22.7. The first-order chi connectivity index (χ1) is 15.2. The van der Waals surface area contributed by atoms with Crippen LogP contribution >= 0.6 is 0 Å². The number of nitrogens with one attached hydrogen (secondary N) is 1. The molecule has 0 aromatic carbocycles. The van der Waals surface area contributed by atoms with Crippen molar-refractivity contribution in [2.24, 2.45) is 57.2 Å². The van der Waals surface area contributed by atoms with E-state index in [4.69, 9.17) is 10.5 Å². The molecule has 3 N–H and O–H groups in total. The third-order valence-corrected chi connectivity index (χ3v) is 10.6. The van der Waals surface area contributed by atoms with Crippen LogP contribution in [-0.2, 0) is 9.53 Å². The minimum atomic E-state index is -0.572. The quantitative estimate of drug-likeness (QED) is 0.446. The van der Waals surface area contributed by atoms with E-state index in [1.807, 2.05) is 0 Å². The maximum atomic E-state index is 11.7. The van der Waals surface area contributed by atoms with Crippen LogP contribution < -0.4 is 11.2 Å². The van der Waals surface area contributed by atoms with E-state index >= 15 is 0 Å². The summed E-state index contributed by atoms with van der Waals surface area (Å²) in [5, 5.41) is 4.30. The summed E-state index contributed by atoms with van der Waals surface area (Å²) in [7, 11) is 1.49. The summed E-state index contributed by atoms with van der Waals surface area (Å²) in [5.41, 5.74) is 9.59. The second-order valence-electron chi connectivity index (χ2n) is 11.8. The Hall–Kier alpha value is -1.59. The van der Waals surface area contributed by atoms with Gasteiger partial charge in [-0.2, -0.15) is 5.10 Å². The Bertz CT molecular complexity index is 767. The van der Waals surface area contributed by atoms with Crippen molar-refractivity contribution in [3.8, 4) is 0 Å². The summed E-state index contributed by atoms with van der Waals surface area (Å²) >= 11 is 0. The van der Waals surface area contributed by atoms with Gasteiger partial charge in [-0.15, -0.1) is 0 Å². The molecular formula is C26H43N3O3. The maximum Gasteiger partial charge on any atom is 0.332 e. The van der Waals surface area contributed by atoms with Crippen molar-refractivity contribution in [1.82, 2.24) is 5.43 Å². The van der Waals surface area contributed by atoms with Gasteiger partial charge < -0.3 is 10.5 Å². The molecule has 32 heavy (non-hydrogen) atoms. The standard InChI is InChI=1S/C26H43N3O3/c1-16(5-10-23(30)32-4)20-8-9-21-19-7-6-17-15-18(28-29-24(27)31)11-13-25(17,2)22(19)12-14-26(20,21)3/h16-17,19-22H,5-15H2,1-4H3,(H3,27,29,31)/t16-,17+,19+,20+,21+,22+,25-,26+/m0/s1. The van der Waals surface area contributed by atoms with Crippen molar-refractivity contribution in [3.63, 3.8) is 0 Å². The molecule has 0 bridgehead atoms. The molecule has 4 rings (SSSR count). The van der Waals surface area contributed by atoms with Crippen LogP contribution in [0.1, 0.15) is 91.4 Å². The SMILES string of the molecule is COC(=O)CC[C@H](C)[C@H]1CC[C@@H]2[C@H]3CC[C@@H]4CC(=NNC(N)=O)CC[C@]4(C)[C@@H]3CC[C@@]21C. The van der Waals surface area contributed by atoms with Gasteiger partial charge in [0.1, 0.15) is 0 Å². The molecule has 0 aromatic rings. The van der Waals surface area contributed by atoms with E-state index in [1.54, 1.807) is 0 Å². The zero-order valence-electron chi connectivity index (χ0n) is 20.5. The largest absolute Gasteiger partial charge is 0.469 e. The van der Waals surface area contributed by atoms with Crippen LogP contribution in [0.5, 0.6) is 0 Å². The highest BCUT2D eigenvalue weighted by molar-refractivity contribution is 5.87. The van der Waals surface area contributed by atoms with Gasteiger partial charge >= 0.3 is 12.0 Å². The van der Waals surface area contributed by atoms with Crippen LogP contribution in [0.3, 0.4) is 0 Å². The number of hydrogen-bond acceptors (Lipinski definition) is 4. The van der Waals surface area contributed by atoms with Crippen LogP contribution in [0.4, 0.5) is 4.79 Å². The van der Waals surface area contributed by atoms with Gasteiger partial charge in [-0.1, -0.05) is 20.8 Å². The second-order valence-corrected chi connectivity index (χ2v) is 11.8. The zero-order valence-corrected chi connectivity index (χ0v) is 20.5. The molecule has 6 heteroatoms. The number of amides is 2. The van der Waals surface area contributed by atoms with Crippen molar-refractivity contribution >= 4 is 17.7 Å². The lowest BCUT2D eigenvalue weighted by Gasteiger charge is -2.60. The third kappa shape index (κ3) is 4.07. The van der Waals surface area contributed by atoms with Gasteiger partial charge in [-0.25, -0.2) is 10.2 Å². The Morgan fingerprint density at radius 3 is 2.59 bits per heavy atom. The fraction of sp³-hybridized carbons (Fsp3) is 0.885. The average molecular weight is 446 g/mol. The lowest BCUT2D eigenvalue weighted by atomic mass is 9.44. The van der Waals surface area contributed by atoms with Crippen molar-refractivity contribution in [3.05, 3.63) is 0 Å². The number of nitrogens with two attached hydrogens (primary N) is 1. The average Bonchev–Trinajstić information content (AvgIpc) is 3.12. The van der Waals surface area contributed by atoms with Gasteiger partial charge in [0.15, 0.2) is 0 Å². The molecule has 0 radical (unpaired) electrons. The molecule has 0 saturated heterocycles. The predicted octanol–water partition coefficient (Wildman–Crippen LogP) is 5.26. The van der Waals surface area contributed by atoms with E-state index in [-0.39, 0.29) is 5.97 Å². The Morgan fingerprint density at radius 1 is 1.12 bits per heavy atom. The van der Waals surface area contributed by atoms with Crippen LogP contribution in [0.2, 0.25) is 0 Å². The van der Waals surface area contributed by atoms with Gasteiger partial charge in [0.2, 0.25) is 0 Å². The number of carbonyl (C=O) groups excluding carboxylic acids is 2. The summed E-state index contributed by atoms with van der Waals surface area (Å²) in [6.07, 6.45) is 12.7. The highest BCUT2D eigenvalue weighted by Crippen LogP contribution is 2.68. The molecule has 6 nitrogen and oxygen atoms in total. The van der Waals surface area contributed by atoms with Gasteiger partial charge in [0, 0.05) is 12.1 Å². The van der Waals surface area contributed by atoms with Crippen LogP contribution in [-0.4, -0.2) is 24.8 Å². The van der Waals surface area contributed by atoms with Crippen LogP contribution in [0, 0.1) is 46.3 Å². The van der Waals surface area contributed by atoms with Crippen molar-refractivity contribution in [2.45, 2.75) is 91.4 Å². The molecule has 4 saturated carbocycles. The molecule has 4 fully saturated rings. The monoisotopic (exact) mass is 445 g/mol. The third-order valence-electron chi connectivity index (χ3n) is 10.6. The Labute approximate surface area is 193 Å². The smallest absolute Gasteiger partial charge is 0.332 e. The minimum Gasteiger partial charge on any atom is -0.469 e. The van der Waals surface area contributed by atoms with Crippen molar-refractivity contribution in [1.29, 1.82) is 0 Å². The number of hydrogen-bond donors (Lipinski definition) is 2. The van der Waals surface area contributed by atoms with Crippen molar-refractivity contribution in [2.75, 3.05) is 7.11 Å². The molecule has 180 valence electrons. The van der Waals surface area contributed by atoms with Gasteiger partial charge in [-0.3, -0.25) is 4.79 Å². The molecule has 0 unspecified atom stereocenters. The number of rotatable bonds is 5.